The van der Waals surface area contributed by atoms with Gasteiger partial charge < -0.3 is 10.6 Å². The Bertz CT molecular complexity index is 454. The van der Waals surface area contributed by atoms with Crippen molar-refractivity contribution in [3.05, 3.63) is 29.6 Å². The van der Waals surface area contributed by atoms with Crippen LogP contribution in [0.15, 0.2) is 12.1 Å². The predicted octanol–water partition coefficient (Wildman–Crippen LogP) is 3.07. The van der Waals surface area contributed by atoms with Crippen LogP contribution in [0.2, 0.25) is 0 Å². The van der Waals surface area contributed by atoms with Crippen molar-refractivity contribution in [2.75, 3.05) is 11.9 Å². The van der Waals surface area contributed by atoms with E-state index in [1.165, 1.54) is 0 Å². The van der Waals surface area contributed by atoms with E-state index in [1.807, 2.05) is 13.8 Å². The molecular weight excluding hydrogens is 269 g/mol. The second-order valence-electron chi connectivity index (χ2n) is 5.09. The van der Waals surface area contributed by atoms with Gasteiger partial charge >= 0.3 is 0 Å². The van der Waals surface area contributed by atoms with Crippen molar-refractivity contribution in [2.24, 2.45) is 5.92 Å². The molecule has 0 aromatic heterocycles. The number of anilines is 1. The Hall–Kier alpha value is -1.72. The highest BCUT2D eigenvalue weighted by atomic mass is 19.2. The zero-order valence-corrected chi connectivity index (χ0v) is 11.8. The molecule has 0 radical (unpaired) electrons. The number of nitrogens with one attached hydrogen (secondary N) is 2. The first-order valence-electron chi connectivity index (χ1n) is 6.50. The minimum absolute atomic E-state index is 0.0212. The Morgan fingerprint density at radius 3 is 2.20 bits per heavy atom. The van der Waals surface area contributed by atoms with Crippen molar-refractivity contribution in [1.82, 2.24) is 5.32 Å². The second-order valence-corrected chi connectivity index (χ2v) is 5.09. The molecule has 1 rings (SSSR count). The summed E-state index contributed by atoms with van der Waals surface area (Å²) in [7, 11) is 0. The molecule has 2 N–H and O–H groups in total. The summed E-state index contributed by atoms with van der Waals surface area (Å²) in [5, 5.41) is 5.34. The standard InChI is InChI=1S/C14H19F3N2O/c1-8(2)4-5-18-14(20)9(3)19-10-6-11(15)13(17)12(16)7-10/h6-9,19H,4-5H2,1-3H3,(H,18,20). The molecular formula is C14H19F3N2O. The van der Waals surface area contributed by atoms with Crippen LogP contribution >= 0.6 is 0 Å². The summed E-state index contributed by atoms with van der Waals surface area (Å²) in [5.74, 6) is -3.92. The van der Waals surface area contributed by atoms with E-state index in [9.17, 15) is 18.0 Å². The first-order valence-corrected chi connectivity index (χ1v) is 6.50. The highest BCUT2D eigenvalue weighted by molar-refractivity contribution is 5.84. The van der Waals surface area contributed by atoms with Crippen LogP contribution in [0.4, 0.5) is 18.9 Å². The molecule has 1 aromatic carbocycles. The number of carbonyl (C=O) groups is 1. The van der Waals surface area contributed by atoms with Crippen molar-refractivity contribution in [1.29, 1.82) is 0 Å². The fourth-order valence-electron chi connectivity index (χ4n) is 1.59. The van der Waals surface area contributed by atoms with Crippen LogP contribution in [-0.4, -0.2) is 18.5 Å². The third-order valence-corrected chi connectivity index (χ3v) is 2.78. The fourth-order valence-corrected chi connectivity index (χ4v) is 1.59. The Labute approximate surface area is 116 Å². The van der Waals surface area contributed by atoms with Crippen LogP contribution in [-0.2, 0) is 4.79 Å². The molecule has 0 bridgehead atoms. The third-order valence-electron chi connectivity index (χ3n) is 2.78. The third kappa shape index (κ3) is 4.75. The Morgan fingerprint density at radius 2 is 1.70 bits per heavy atom. The maximum absolute atomic E-state index is 13.0. The molecule has 6 heteroatoms. The van der Waals surface area contributed by atoms with Crippen LogP contribution < -0.4 is 10.6 Å². The molecule has 112 valence electrons. The number of halogens is 3. The van der Waals surface area contributed by atoms with E-state index in [-0.39, 0.29) is 11.6 Å². The summed E-state index contributed by atoms with van der Waals surface area (Å²) in [4.78, 5) is 11.7. The molecule has 0 fully saturated rings. The monoisotopic (exact) mass is 288 g/mol. The van der Waals surface area contributed by atoms with Crippen LogP contribution in [0.3, 0.4) is 0 Å². The van der Waals surface area contributed by atoms with Gasteiger partial charge in [0.25, 0.3) is 0 Å². The minimum Gasteiger partial charge on any atom is -0.374 e. The van der Waals surface area contributed by atoms with Crippen molar-refractivity contribution >= 4 is 11.6 Å². The quantitative estimate of drug-likeness (QED) is 0.790. The number of rotatable bonds is 6. The van der Waals surface area contributed by atoms with Crippen molar-refractivity contribution in [3.8, 4) is 0 Å². The minimum atomic E-state index is -1.52. The van der Waals surface area contributed by atoms with Crippen LogP contribution in [0, 0.1) is 23.4 Å². The highest BCUT2D eigenvalue weighted by Gasteiger charge is 2.15. The predicted molar refractivity (Wildman–Crippen MR) is 71.9 cm³/mol. The van der Waals surface area contributed by atoms with E-state index in [1.54, 1.807) is 6.92 Å². The smallest absolute Gasteiger partial charge is 0.242 e. The lowest BCUT2D eigenvalue weighted by molar-refractivity contribution is -0.121. The molecule has 3 nitrogen and oxygen atoms in total. The van der Waals surface area contributed by atoms with Gasteiger partial charge in [-0.2, -0.15) is 0 Å². The summed E-state index contributed by atoms with van der Waals surface area (Å²) >= 11 is 0. The van der Waals surface area contributed by atoms with Gasteiger partial charge in [-0.1, -0.05) is 13.8 Å². The van der Waals surface area contributed by atoms with Gasteiger partial charge in [0.1, 0.15) is 6.04 Å². The molecule has 0 aliphatic rings. The largest absolute Gasteiger partial charge is 0.374 e. The summed E-state index contributed by atoms with van der Waals surface area (Å²) in [5.41, 5.74) is 0.0212. The van der Waals surface area contributed by atoms with E-state index in [0.717, 1.165) is 18.6 Å². The van der Waals surface area contributed by atoms with Crippen LogP contribution in [0.25, 0.3) is 0 Å². The van der Waals surface area contributed by atoms with Gasteiger partial charge in [0.15, 0.2) is 17.5 Å². The molecule has 0 spiro atoms. The van der Waals surface area contributed by atoms with E-state index < -0.39 is 23.5 Å². The molecule has 0 saturated carbocycles. The lowest BCUT2D eigenvalue weighted by atomic mass is 10.1. The molecule has 1 amide bonds. The van der Waals surface area contributed by atoms with Gasteiger partial charge in [-0.05, 0) is 19.3 Å². The molecule has 20 heavy (non-hydrogen) atoms. The average Bonchev–Trinajstić information content (AvgIpc) is 2.35. The zero-order chi connectivity index (χ0) is 15.3. The van der Waals surface area contributed by atoms with Gasteiger partial charge in [0, 0.05) is 24.4 Å². The summed E-state index contributed by atoms with van der Waals surface area (Å²) in [6.07, 6.45) is 0.846. The van der Waals surface area contributed by atoms with E-state index >= 15 is 0 Å². The van der Waals surface area contributed by atoms with Crippen molar-refractivity contribution < 1.29 is 18.0 Å². The Balaban J connectivity index is 2.57. The number of carbonyl (C=O) groups excluding carboxylic acids is 1. The molecule has 1 unspecified atom stereocenters. The summed E-state index contributed by atoms with van der Waals surface area (Å²) in [6.45, 7) is 6.17. The Morgan fingerprint density at radius 1 is 1.15 bits per heavy atom. The van der Waals surface area contributed by atoms with Gasteiger partial charge in [0.2, 0.25) is 5.91 Å². The normalized spacial score (nSPS) is 12.3. The van der Waals surface area contributed by atoms with Gasteiger partial charge in [-0.3, -0.25) is 4.79 Å². The van der Waals surface area contributed by atoms with Gasteiger partial charge in [-0.25, -0.2) is 13.2 Å². The first kappa shape index (κ1) is 16.3. The summed E-state index contributed by atoms with van der Waals surface area (Å²) in [6, 6.07) is 0.957. The summed E-state index contributed by atoms with van der Waals surface area (Å²) < 4.78 is 38.8. The SMILES string of the molecule is CC(C)CCNC(=O)C(C)Nc1cc(F)c(F)c(F)c1. The van der Waals surface area contributed by atoms with Gasteiger partial charge in [-0.15, -0.1) is 0 Å². The molecule has 0 aliphatic carbocycles. The van der Waals surface area contributed by atoms with E-state index in [4.69, 9.17) is 0 Å². The van der Waals surface area contributed by atoms with Crippen LogP contribution in [0.5, 0.6) is 0 Å². The van der Waals surface area contributed by atoms with Gasteiger partial charge in [0.05, 0.1) is 0 Å². The number of hydrogen-bond acceptors (Lipinski definition) is 2. The maximum Gasteiger partial charge on any atom is 0.242 e. The number of hydrogen-bond donors (Lipinski definition) is 2. The lowest BCUT2D eigenvalue weighted by Gasteiger charge is -2.16. The highest BCUT2D eigenvalue weighted by Crippen LogP contribution is 2.18. The van der Waals surface area contributed by atoms with Crippen LogP contribution in [0.1, 0.15) is 27.2 Å². The number of amides is 1. The maximum atomic E-state index is 13.0. The Kier molecular flexibility index (Phi) is 5.85. The molecule has 0 saturated heterocycles. The molecule has 1 atom stereocenters. The van der Waals surface area contributed by atoms with Crippen molar-refractivity contribution in [3.63, 3.8) is 0 Å². The van der Waals surface area contributed by atoms with Crippen molar-refractivity contribution in [2.45, 2.75) is 33.2 Å². The van der Waals surface area contributed by atoms with E-state index in [0.29, 0.717) is 12.5 Å². The molecule has 0 heterocycles. The second kappa shape index (κ2) is 7.17. The first-order chi connectivity index (χ1) is 9.31. The number of benzene rings is 1. The molecule has 0 aliphatic heterocycles. The lowest BCUT2D eigenvalue weighted by Crippen LogP contribution is -2.38. The topological polar surface area (TPSA) is 41.1 Å². The zero-order valence-electron chi connectivity index (χ0n) is 11.8. The van der Waals surface area contributed by atoms with E-state index in [2.05, 4.69) is 10.6 Å². The average molecular weight is 288 g/mol. The fraction of sp³-hybridized carbons (Fsp3) is 0.500. The molecule has 1 aromatic rings.